The quantitative estimate of drug-likeness (QED) is 0.859. The number of nitrogens with one attached hydrogen (secondary N) is 1. The molecule has 0 aliphatic heterocycles. The first-order valence-corrected chi connectivity index (χ1v) is 5.04. The number of anilines is 1. The van der Waals surface area contributed by atoms with Crippen LogP contribution in [0.2, 0.25) is 0 Å². The first-order valence-electron chi connectivity index (χ1n) is 5.04. The monoisotopic (exact) mass is 217 g/mol. The van der Waals surface area contributed by atoms with Crippen LogP contribution >= 0.6 is 0 Å². The van der Waals surface area contributed by atoms with Crippen molar-refractivity contribution < 1.29 is 4.39 Å². The fourth-order valence-corrected chi connectivity index (χ4v) is 1.40. The van der Waals surface area contributed by atoms with Gasteiger partial charge in [0.15, 0.2) is 0 Å². The third-order valence-electron chi connectivity index (χ3n) is 2.25. The molecule has 3 nitrogen and oxygen atoms in total. The SMILES string of the molecule is CC(Nc1ccc(F)cc1)c1cnccn1. The second-order valence-electron chi connectivity index (χ2n) is 3.50. The van der Waals surface area contributed by atoms with Crippen LogP contribution in [0, 0.1) is 5.82 Å². The van der Waals surface area contributed by atoms with Crippen LogP contribution in [0.15, 0.2) is 42.9 Å². The molecule has 0 fully saturated rings. The lowest BCUT2D eigenvalue weighted by Gasteiger charge is -2.13. The normalized spacial score (nSPS) is 12.1. The van der Waals surface area contributed by atoms with Gasteiger partial charge in [0, 0.05) is 18.1 Å². The van der Waals surface area contributed by atoms with Gasteiger partial charge in [-0.3, -0.25) is 9.97 Å². The fourth-order valence-electron chi connectivity index (χ4n) is 1.40. The first kappa shape index (κ1) is 10.5. The molecule has 0 spiro atoms. The molecule has 1 aromatic heterocycles. The average Bonchev–Trinajstić information content (AvgIpc) is 2.33. The minimum atomic E-state index is -0.238. The fraction of sp³-hybridized carbons (Fsp3) is 0.167. The molecule has 16 heavy (non-hydrogen) atoms. The molecule has 1 unspecified atom stereocenters. The molecule has 82 valence electrons. The lowest BCUT2D eigenvalue weighted by atomic mass is 10.2. The van der Waals surface area contributed by atoms with Gasteiger partial charge in [-0.25, -0.2) is 4.39 Å². The van der Waals surface area contributed by atoms with Crippen molar-refractivity contribution in [2.24, 2.45) is 0 Å². The number of aromatic nitrogens is 2. The molecule has 4 heteroatoms. The molecule has 1 N–H and O–H groups in total. The van der Waals surface area contributed by atoms with Crippen molar-refractivity contribution in [2.75, 3.05) is 5.32 Å². The highest BCUT2D eigenvalue weighted by Gasteiger charge is 2.05. The van der Waals surface area contributed by atoms with E-state index >= 15 is 0 Å². The highest BCUT2D eigenvalue weighted by molar-refractivity contribution is 5.44. The van der Waals surface area contributed by atoms with Gasteiger partial charge in [-0.05, 0) is 31.2 Å². The third kappa shape index (κ3) is 2.53. The van der Waals surface area contributed by atoms with Gasteiger partial charge in [0.05, 0.1) is 17.9 Å². The third-order valence-corrected chi connectivity index (χ3v) is 2.25. The summed E-state index contributed by atoms with van der Waals surface area (Å²) in [5.41, 5.74) is 1.71. The van der Waals surface area contributed by atoms with Gasteiger partial charge in [-0.15, -0.1) is 0 Å². The molecule has 0 bridgehead atoms. The number of halogens is 1. The summed E-state index contributed by atoms with van der Waals surface area (Å²) in [6.07, 6.45) is 4.99. The number of rotatable bonds is 3. The van der Waals surface area contributed by atoms with Gasteiger partial charge in [-0.1, -0.05) is 0 Å². The Balaban J connectivity index is 2.08. The van der Waals surface area contributed by atoms with Crippen LogP contribution in [-0.2, 0) is 0 Å². The predicted molar refractivity (Wildman–Crippen MR) is 60.5 cm³/mol. The molecule has 1 heterocycles. The molecule has 0 saturated carbocycles. The van der Waals surface area contributed by atoms with Crippen LogP contribution in [0.3, 0.4) is 0 Å². The second-order valence-corrected chi connectivity index (χ2v) is 3.50. The summed E-state index contributed by atoms with van der Waals surface area (Å²) in [6.45, 7) is 1.98. The van der Waals surface area contributed by atoms with Crippen LogP contribution in [-0.4, -0.2) is 9.97 Å². The molecule has 2 rings (SSSR count). The van der Waals surface area contributed by atoms with E-state index < -0.39 is 0 Å². The molecular weight excluding hydrogens is 205 g/mol. The Morgan fingerprint density at radius 2 is 1.94 bits per heavy atom. The molecule has 0 aliphatic rings. The molecule has 2 aromatic rings. The van der Waals surface area contributed by atoms with Crippen molar-refractivity contribution in [1.82, 2.24) is 9.97 Å². The zero-order valence-corrected chi connectivity index (χ0v) is 8.89. The largest absolute Gasteiger partial charge is 0.377 e. The van der Waals surface area contributed by atoms with Gasteiger partial charge >= 0.3 is 0 Å². The minimum Gasteiger partial charge on any atom is -0.377 e. The van der Waals surface area contributed by atoms with E-state index in [-0.39, 0.29) is 11.9 Å². The maximum absolute atomic E-state index is 12.7. The van der Waals surface area contributed by atoms with Gasteiger partial charge in [0.2, 0.25) is 0 Å². The first-order chi connectivity index (χ1) is 7.75. The molecule has 0 amide bonds. The Hall–Kier alpha value is -1.97. The van der Waals surface area contributed by atoms with E-state index in [0.29, 0.717) is 0 Å². The van der Waals surface area contributed by atoms with E-state index in [1.807, 2.05) is 6.92 Å². The van der Waals surface area contributed by atoms with E-state index in [1.54, 1.807) is 30.7 Å². The Morgan fingerprint density at radius 3 is 2.56 bits per heavy atom. The maximum Gasteiger partial charge on any atom is 0.123 e. The van der Waals surface area contributed by atoms with Crippen LogP contribution in [0.5, 0.6) is 0 Å². The topological polar surface area (TPSA) is 37.8 Å². The molecule has 0 radical (unpaired) electrons. The van der Waals surface area contributed by atoms with Crippen molar-refractivity contribution in [3.05, 3.63) is 54.4 Å². The number of nitrogens with zero attached hydrogens (tertiary/aromatic N) is 2. The Bertz CT molecular complexity index is 442. The molecule has 1 atom stereocenters. The number of benzene rings is 1. The number of hydrogen-bond donors (Lipinski definition) is 1. The van der Waals surface area contributed by atoms with E-state index in [1.165, 1.54) is 12.1 Å². The summed E-state index contributed by atoms with van der Waals surface area (Å²) in [5.74, 6) is -0.238. The Labute approximate surface area is 93.4 Å². The highest BCUT2D eigenvalue weighted by Crippen LogP contribution is 2.16. The minimum absolute atomic E-state index is 0.0409. The van der Waals surface area contributed by atoms with Crippen LogP contribution < -0.4 is 5.32 Å². The van der Waals surface area contributed by atoms with Crippen molar-refractivity contribution in [3.8, 4) is 0 Å². The van der Waals surface area contributed by atoms with Crippen LogP contribution in [0.4, 0.5) is 10.1 Å². The smallest absolute Gasteiger partial charge is 0.123 e. The zero-order chi connectivity index (χ0) is 11.4. The lowest BCUT2D eigenvalue weighted by Crippen LogP contribution is -2.08. The standard InChI is InChI=1S/C12H12FN3/c1-9(12-8-14-6-7-15-12)16-11-4-2-10(13)3-5-11/h2-9,16H,1H3. The van der Waals surface area contributed by atoms with E-state index in [4.69, 9.17) is 0 Å². The van der Waals surface area contributed by atoms with E-state index in [2.05, 4.69) is 15.3 Å². The molecule has 0 saturated heterocycles. The van der Waals surface area contributed by atoms with E-state index in [0.717, 1.165) is 11.4 Å². The molecule has 0 aliphatic carbocycles. The predicted octanol–water partition coefficient (Wildman–Crippen LogP) is 2.79. The summed E-state index contributed by atoms with van der Waals surface area (Å²) in [6, 6.07) is 6.28. The maximum atomic E-state index is 12.7. The van der Waals surface area contributed by atoms with Gasteiger partial charge in [0.1, 0.15) is 5.82 Å². The molecular formula is C12H12FN3. The van der Waals surface area contributed by atoms with Crippen molar-refractivity contribution in [1.29, 1.82) is 0 Å². The average molecular weight is 217 g/mol. The zero-order valence-electron chi connectivity index (χ0n) is 8.89. The summed E-state index contributed by atoms with van der Waals surface area (Å²) in [7, 11) is 0. The Kier molecular flexibility index (Phi) is 3.10. The summed E-state index contributed by atoms with van der Waals surface area (Å²) < 4.78 is 12.7. The number of hydrogen-bond acceptors (Lipinski definition) is 3. The molecule has 1 aromatic carbocycles. The second kappa shape index (κ2) is 4.70. The van der Waals surface area contributed by atoms with E-state index in [9.17, 15) is 4.39 Å². The Morgan fingerprint density at radius 1 is 1.19 bits per heavy atom. The van der Waals surface area contributed by atoms with Gasteiger partial charge in [0.25, 0.3) is 0 Å². The van der Waals surface area contributed by atoms with Crippen LogP contribution in [0.1, 0.15) is 18.7 Å². The summed E-state index contributed by atoms with van der Waals surface area (Å²) in [5, 5.41) is 3.22. The van der Waals surface area contributed by atoms with Crippen LogP contribution in [0.25, 0.3) is 0 Å². The summed E-state index contributed by atoms with van der Waals surface area (Å²) in [4.78, 5) is 8.19. The van der Waals surface area contributed by atoms with Crippen molar-refractivity contribution in [3.63, 3.8) is 0 Å². The van der Waals surface area contributed by atoms with Crippen molar-refractivity contribution >= 4 is 5.69 Å². The highest BCUT2D eigenvalue weighted by atomic mass is 19.1. The van der Waals surface area contributed by atoms with Gasteiger partial charge < -0.3 is 5.32 Å². The van der Waals surface area contributed by atoms with Crippen molar-refractivity contribution in [2.45, 2.75) is 13.0 Å². The van der Waals surface area contributed by atoms with Gasteiger partial charge in [-0.2, -0.15) is 0 Å². The lowest BCUT2D eigenvalue weighted by molar-refractivity contribution is 0.628. The summed E-state index contributed by atoms with van der Waals surface area (Å²) >= 11 is 0.